The molecule has 0 aliphatic carbocycles. The van der Waals surface area contributed by atoms with Gasteiger partial charge in [-0.25, -0.2) is 0 Å². The van der Waals surface area contributed by atoms with Gasteiger partial charge in [-0.05, 0) is 30.9 Å². The Morgan fingerprint density at radius 1 is 1.44 bits per heavy atom. The van der Waals surface area contributed by atoms with Gasteiger partial charge in [0.1, 0.15) is 0 Å². The van der Waals surface area contributed by atoms with Gasteiger partial charge in [-0.2, -0.15) is 0 Å². The van der Waals surface area contributed by atoms with E-state index in [2.05, 4.69) is 51.7 Å². The summed E-state index contributed by atoms with van der Waals surface area (Å²) < 4.78 is 0. The minimum Gasteiger partial charge on any atom is -0.309 e. The lowest BCUT2D eigenvalue weighted by molar-refractivity contribution is 0.557. The molecule has 0 radical (unpaired) electrons. The summed E-state index contributed by atoms with van der Waals surface area (Å²) in [7, 11) is 0. The van der Waals surface area contributed by atoms with Crippen LogP contribution in [0.1, 0.15) is 43.9 Å². The number of nitrogens with one attached hydrogen (secondary N) is 1. The van der Waals surface area contributed by atoms with Gasteiger partial charge in [-0.1, -0.05) is 26.8 Å². The number of hydrogen-bond donors (Lipinski definition) is 1. The van der Waals surface area contributed by atoms with Crippen LogP contribution in [0, 0.1) is 0 Å². The van der Waals surface area contributed by atoms with Crippen molar-refractivity contribution < 1.29 is 0 Å². The van der Waals surface area contributed by atoms with Crippen LogP contribution in [-0.2, 0) is 12.0 Å². The molecule has 0 aromatic carbocycles. The summed E-state index contributed by atoms with van der Waals surface area (Å²) in [6.07, 6.45) is 2.99. The molecule has 1 aromatic heterocycles. The Morgan fingerprint density at radius 3 is 2.62 bits per heavy atom. The molecular weight excluding hydrogens is 214 g/mol. The van der Waals surface area contributed by atoms with E-state index in [-0.39, 0.29) is 5.41 Å². The van der Waals surface area contributed by atoms with Crippen molar-refractivity contribution in [1.29, 1.82) is 0 Å². The molecule has 2 heteroatoms. The lowest BCUT2D eigenvalue weighted by atomic mass is 9.95. The highest BCUT2D eigenvalue weighted by atomic mass is 32.1. The smallest absolute Gasteiger partial charge is 0.0302 e. The first-order valence-corrected chi connectivity index (χ1v) is 6.68. The van der Waals surface area contributed by atoms with Crippen molar-refractivity contribution in [2.75, 3.05) is 0 Å². The summed E-state index contributed by atoms with van der Waals surface area (Å²) >= 11 is 1.91. The summed E-state index contributed by atoms with van der Waals surface area (Å²) in [4.78, 5) is 2.88. The second-order valence-electron chi connectivity index (χ2n) is 5.32. The van der Waals surface area contributed by atoms with Crippen LogP contribution in [0.2, 0.25) is 0 Å². The molecule has 0 amide bonds. The van der Waals surface area contributed by atoms with Gasteiger partial charge in [0.2, 0.25) is 0 Å². The minimum absolute atomic E-state index is 0.273. The first-order chi connectivity index (χ1) is 7.43. The van der Waals surface area contributed by atoms with E-state index in [1.807, 2.05) is 17.4 Å². The minimum atomic E-state index is 0.273. The Hall–Kier alpha value is -0.600. The van der Waals surface area contributed by atoms with Gasteiger partial charge in [0.15, 0.2) is 0 Å². The average molecular weight is 237 g/mol. The Bertz CT molecular complexity index is 333. The number of hydrogen-bond acceptors (Lipinski definition) is 2. The van der Waals surface area contributed by atoms with Crippen LogP contribution < -0.4 is 5.32 Å². The molecule has 16 heavy (non-hydrogen) atoms. The highest BCUT2D eigenvalue weighted by Crippen LogP contribution is 2.29. The first-order valence-electron chi connectivity index (χ1n) is 5.87. The molecule has 1 nitrogen and oxygen atoms in total. The van der Waals surface area contributed by atoms with Crippen LogP contribution in [-0.4, -0.2) is 6.04 Å². The zero-order valence-corrected chi connectivity index (χ0v) is 11.7. The Morgan fingerprint density at radius 2 is 2.12 bits per heavy atom. The molecule has 90 valence electrons. The van der Waals surface area contributed by atoms with Crippen molar-refractivity contribution in [1.82, 2.24) is 5.32 Å². The van der Waals surface area contributed by atoms with Crippen molar-refractivity contribution in [3.8, 4) is 0 Å². The molecule has 1 N–H and O–H groups in total. The van der Waals surface area contributed by atoms with Gasteiger partial charge in [0, 0.05) is 22.3 Å². The zero-order valence-electron chi connectivity index (χ0n) is 10.8. The van der Waals surface area contributed by atoms with Crippen LogP contribution in [0.15, 0.2) is 24.8 Å². The molecule has 0 saturated carbocycles. The van der Waals surface area contributed by atoms with E-state index >= 15 is 0 Å². The average Bonchev–Trinajstić information content (AvgIpc) is 2.63. The molecule has 1 rings (SSSR count). The van der Waals surface area contributed by atoms with Gasteiger partial charge in [0.25, 0.3) is 0 Å². The predicted octanol–water partition coefficient (Wildman–Crippen LogP) is 4.10. The molecule has 0 aliphatic rings. The van der Waals surface area contributed by atoms with Crippen LogP contribution in [0.3, 0.4) is 0 Å². The van der Waals surface area contributed by atoms with Gasteiger partial charge in [-0.15, -0.1) is 17.9 Å². The zero-order chi connectivity index (χ0) is 12.2. The van der Waals surface area contributed by atoms with Crippen molar-refractivity contribution >= 4 is 11.3 Å². The summed E-state index contributed by atoms with van der Waals surface area (Å²) in [5.41, 5.74) is 0.273. The Kier molecular flexibility index (Phi) is 4.75. The quantitative estimate of drug-likeness (QED) is 0.760. The summed E-state index contributed by atoms with van der Waals surface area (Å²) in [5.74, 6) is 0. The maximum Gasteiger partial charge on any atom is 0.0302 e. The van der Waals surface area contributed by atoms with Crippen molar-refractivity contribution in [2.45, 2.75) is 52.1 Å². The van der Waals surface area contributed by atoms with E-state index in [9.17, 15) is 0 Å². The lowest BCUT2D eigenvalue weighted by Gasteiger charge is -2.15. The Balaban J connectivity index is 2.50. The van der Waals surface area contributed by atoms with Crippen LogP contribution in [0.5, 0.6) is 0 Å². The predicted molar refractivity (Wildman–Crippen MR) is 74.1 cm³/mol. The molecular formula is C14H23NS. The maximum atomic E-state index is 3.75. The van der Waals surface area contributed by atoms with Gasteiger partial charge < -0.3 is 5.32 Å². The van der Waals surface area contributed by atoms with E-state index in [4.69, 9.17) is 0 Å². The molecule has 1 atom stereocenters. The first kappa shape index (κ1) is 13.5. The van der Waals surface area contributed by atoms with Gasteiger partial charge in [0.05, 0.1) is 0 Å². The van der Waals surface area contributed by atoms with Crippen LogP contribution >= 0.6 is 11.3 Å². The number of thiophene rings is 1. The third-order valence-corrected chi connectivity index (χ3v) is 4.06. The molecule has 0 fully saturated rings. The van der Waals surface area contributed by atoms with E-state index < -0.39 is 0 Å². The van der Waals surface area contributed by atoms with Crippen LogP contribution in [0.4, 0.5) is 0 Å². The highest BCUT2D eigenvalue weighted by Gasteiger charge is 2.15. The number of rotatable bonds is 5. The van der Waals surface area contributed by atoms with Crippen molar-refractivity contribution in [3.63, 3.8) is 0 Å². The third-order valence-electron chi connectivity index (χ3n) is 2.55. The highest BCUT2D eigenvalue weighted by molar-refractivity contribution is 7.12. The molecule has 1 unspecified atom stereocenters. The summed E-state index contributed by atoms with van der Waals surface area (Å²) in [6, 6.07) is 5.00. The fourth-order valence-corrected chi connectivity index (χ4v) is 2.50. The standard InChI is InChI=1S/C14H23NS/c1-6-7-11(2)15-10-12-8-9-13(16-12)14(3,4)5/h6,8-9,11,15H,1,7,10H2,2-5H3. The van der Waals surface area contributed by atoms with E-state index in [1.165, 1.54) is 9.75 Å². The van der Waals surface area contributed by atoms with E-state index in [1.54, 1.807) is 0 Å². The SMILES string of the molecule is C=CCC(C)NCc1ccc(C(C)(C)C)s1. The normalized spacial score (nSPS) is 13.8. The van der Waals surface area contributed by atoms with Crippen molar-refractivity contribution in [2.24, 2.45) is 0 Å². The largest absolute Gasteiger partial charge is 0.309 e. The maximum absolute atomic E-state index is 3.75. The van der Waals surface area contributed by atoms with Crippen LogP contribution in [0.25, 0.3) is 0 Å². The molecule has 0 spiro atoms. The van der Waals surface area contributed by atoms with Gasteiger partial charge in [-0.3, -0.25) is 0 Å². The summed E-state index contributed by atoms with van der Waals surface area (Å²) in [5, 5.41) is 3.50. The molecule has 1 heterocycles. The fraction of sp³-hybridized carbons (Fsp3) is 0.571. The van der Waals surface area contributed by atoms with E-state index in [0.717, 1.165) is 13.0 Å². The second-order valence-corrected chi connectivity index (χ2v) is 6.49. The van der Waals surface area contributed by atoms with E-state index in [0.29, 0.717) is 6.04 Å². The molecule has 0 aliphatic heterocycles. The fourth-order valence-electron chi connectivity index (χ4n) is 1.48. The van der Waals surface area contributed by atoms with Crippen molar-refractivity contribution in [3.05, 3.63) is 34.5 Å². The molecule has 0 bridgehead atoms. The second kappa shape index (κ2) is 5.65. The third kappa shape index (κ3) is 4.11. The monoisotopic (exact) mass is 237 g/mol. The summed E-state index contributed by atoms with van der Waals surface area (Å²) in [6.45, 7) is 13.7. The molecule has 0 saturated heterocycles. The Labute approximate surface area is 104 Å². The van der Waals surface area contributed by atoms with Gasteiger partial charge >= 0.3 is 0 Å². The molecule has 1 aromatic rings. The lowest BCUT2D eigenvalue weighted by Crippen LogP contribution is -2.24. The topological polar surface area (TPSA) is 12.0 Å².